The zero-order valence-corrected chi connectivity index (χ0v) is 16.5. The van der Waals surface area contributed by atoms with Gasteiger partial charge in [0.05, 0.1) is 5.02 Å². The molecule has 2 heterocycles. The highest BCUT2D eigenvalue weighted by molar-refractivity contribution is 7.80. The number of aliphatic hydroxyl groups is 1. The molecule has 0 spiro atoms. The third kappa shape index (κ3) is 4.17. The van der Waals surface area contributed by atoms with Gasteiger partial charge in [0.15, 0.2) is 10.9 Å². The highest BCUT2D eigenvalue weighted by Gasteiger charge is 2.15. The number of para-hydroxylation sites is 1. The predicted octanol–water partition coefficient (Wildman–Crippen LogP) is 4.97. The van der Waals surface area contributed by atoms with Crippen molar-refractivity contribution >= 4 is 51.5 Å². The Kier molecular flexibility index (Phi) is 5.35. The zero-order chi connectivity index (χ0) is 20.4. The van der Waals surface area contributed by atoms with Gasteiger partial charge in [0, 0.05) is 16.6 Å². The molecular formula is C21H15ClN2O4S. The molecule has 29 heavy (non-hydrogen) atoms. The number of rotatable bonds is 4. The maximum atomic E-state index is 12.4. The predicted molar refractivity (Wildman–Crippen MR) is 115 cm³/mol. The van der Waals surface area contributed by atoms with Crippen molar-refractivity contribution in [1.82, 2.24) is 5.32 Å². The van der Waals surface area contributed by atoms with E-state index in [4.69, 9.17) is 37.8 Å². The van der Waals surface area contributed by atoms with E-state index in [-0.39, 0.29) is 17.5 Å². The largest absolute Gasteiger partial charge is 0.459 e. The summed E-state index contributed by atoms with van der Waals surface area (Å²) in [6, 6.07) is 17.5. The maximum Gasteiger partial charge on any atom is 0.293 e. The molecule has 0 aliphatic carbocycles. The van der Waals surface area contributed by atoms with Crippen molar-refractivity contribution in [1.29, 1.82) is 0 Å². The van der Waals surface area contributed by atoms with Gasteiger partial charge in [0.2, 0.25) is 0 Å². The normalized spacial score (nSPS) is 10.8. The van der Waals surface area contributed by atoms with Gasteiger partial charge in [-0.3, -0.25) is 10.1 Å². The highest BCUT2D eigenvalue weighted by atomic mass is 35.5. The van der Waals surface area contributed by atoms with Crippen molar-refractivity contribution in [3.63, 3.8) is 0 Å². The summed E-state index contributed by atoms with van der Waals surface area (Å²) in [4.78, 5) is 12.4. The fourth-order valence-corrected chi connectivity index (χ4v) is 3.24. The van der Waals surface area contributed by atoms with E-state index < -0.39 is 5.91 Å². The van der Waals surface area contributed by atoms with Gasteiger partial charge in [-0.25, -0.2) is 0 Å². The smallest absolute Gasteiger partial charge is 0.293 e. The van der Waals surface area contributed by atoms with Gasteiger partial charge in [0.1, 0.15) is 23.7 Å². The molecule has 4 rings (SSSR count). The van der Waals surface area contributed by atoms with Crippen LogP contribution in [0.1, 0.15) is 16.3 Å². The Hall–Kier alpha value is -3.13. The third-order valence-corrected chi connectivity index (χ3v) is 4.72. The second kappa shape index (κ2) is 8.08. The second-order valence-electron chi connectivity index (χ2n) is 6.18. The number of anilines is 1. The van der Waals surface area contributed by atoms with Crippen LogP contribution in [-0.2, 0) is 6.61 Å². The number of benzene rings is 2. The van der Waals surface area contributed by atoms with E-state index in [1.54, 1.807) is 42.5 Å². The molecule has 2 aromatic carbocycles. The van der Waals surface area contributed by atoms with Gasteiger partial charge in [-0.2, -0.15) is 0 Å². The number of hydrogen-bond donors (Lipinski definition) is 3. The standard InChI is InChI=1S/C21H15ClN2O4S/c22-16-7-5-13(10-15(16)18-8-6-14(11-25)27-18)23-21(29)24-20(26)19-9-12-3-1-2-4-17(12)28-19/h1-10,25H,11H2,(H2,23,24,26,29). The average Bonchev–Trinajstić information content (AvgIpc) is 3.36. The fourth-order valence-electron chi connectivity index (χ4n) is 2.82. The van der Waals surface area contributed by atoms with Crippen molar-refractivity contribution in [3.8, 4) is 11.3 Å². The first-order valence-corrected chi connectivity index (χ1v) is 9.42. The van der Waals surface area contributed by atoms with Crippen LogP contribution in [0.3, 0.4) is 0 Å². The molecule has 4 aromatic rings. The topological polar surface area (TPSA) is 87.6 Å². The Morgan fingerprint density at radius 2 is 1.90 bits per heavy atom. The van der Waals surface area contributed by atoms with Gasteiger partial charge >= 0.3 is 0 Å². The quantitative estimate of drug-likeness (QED) is 0.399. The monoisotopic (exact) mass is 426 g/mol. The molecule has 0 unspecified atom stereocenters. The Morgan fingerprint density at radius 1 is 1.07 bits per heavy atom. The minimum atomic E-state index is -0.452. The van der Waals surface area contributed by atoms with E-state index in [0.29, 0.717) is 33.4 Å². The van der Waals surface area contributed by atoms with Crippen LogP contribution in [0.15, 0.2) is 69.5 Å². The second-order valence-corrected chi connectivity index (χ2v) is 6.99. The van der Waals surface area contributed by atoms with Gasteiger partial charge in [-0.05, 0) is 54.7 Å². The summed E-state index contributed by atoms with van der Waals surface area (Å²) in [5, 5.41) is 16.1. The number of carbonyl (C=O) groups is 1. The summed E-state index contributed by atoms with van der Waals surface area (Å²) in [7, 11) is 0. The van der Waals surface area contributed by atoms with Gasteiger partial charge in [-0.15, -0.1) is 0 Å². The first-order valence-electron chi connectivity index (χ1n) is 8.64. The van der Waals surface area contributed by atoms with Crippen LogP contribution in [0, 0.1) is 0 Å². The number of fused-ring (bicyclic) bond motifs is 1. The highest BCUT2D eigenvalue weighted by Crippen LogP contribution is 2.32. The lowest BCUT2D eigenvalue weighted by atomic mass is 10.1. The SMILES string of the molecule is O=C(NC(=S)Nc1ccc(Cl)c(-c2ccc(CO)o2)c1)c1cc2ccccc2o1. The number of furan rings is 2. The van der Waals surface area contributed by atoms with Crippen LogP contribution in [-0.4, -0.2) is 16.1 Å². The number of nitrogens with one attached hydrogen (secondary N) is 2. The molecule has 3 N–H and O–H groups in total. The first kappa shape index (κ1) is 19.2. The lowest BCUT2D eigenvalue weighted by molar-refractivity contribution is 0.0953. The van der Waals surface area contributed by atoms with Gasteiger partial charge in [-0.1, -0.05) is 29.8 Å². The van der Waals surface area contributed by atoms with Crippen LogP contribution < -0.4 is 10.6 Å². The van der Waals surface area contributed by atoms with E-state index in [0.717, 1.165) is 5.39 Å². The molecule has 0 bridgehead atoms. The van der Waals surface area contributed by atoms with Gasteiger partial charge < -0.3 is 19.3 Å². The summed E-state index contributed by atoms with van der Waals surface area (Å²) in [6.45, 7) is -0.201. The number of halogens is 1. The summed E-state index contributed by atoms with van der Waals surface area (Å²) < 4.78 is 11.1. The summed E-state index contributed by atoms with van der Waals surface area (Å²) in [5.41, 5.74) is 1.86. The van der Waals surface area contributed by atoms with E-state index in [1.165, 1.54) is 0 Å². The fraction of sp³-hybridized carbons (Fsp3) is 0.0476. The van der Waals surface area contributed by atoms with Crippen LogP contribution >= 0.6 is 23.8 Å². The van der Waals surface area contributed by atoms with Crippen molar-refractivity contribution in [2.75, 3.05) is 5.32 Å². The van der Waals surface area contributed by atoms with Crippen molar-refractivity contribution in [3.05, 3.63) is 77.2 Å². The van der Waals surface area contributed by atoms with E-state index in [1.807, 2.05) is 18.2 Å². The molecule has 0 saturated carbocycles. The van der Waals surface area contributed by atoms with Crippen LogP contribution in [0.5, 0.6) is 0 Å². The lowest BCUT2D eigenvalue weighted by Crippen LogP contribution is -2.33. The van der Waals surface area contributed by atoms with E-state index >= 15 is 0 Å². The Balaban J connectivity index is 1.48. The molecule has 0 fully saturated rings. The Morgan fingerprint density at radius 3 is 2.66 bits per heavy atom. The number of thiocarbonyl (C=S) groups is 1. The molecule has 0 aliphatic heterocycles. The molecule has 146 valence electrons. The molecule has 0 aliphatic rings. The molecule has 0 saturated heterocycles. The molecule has 2 aromatic heterocycles. The average molecular weight is 427 g/mol. The minimum absolute atomic E-state index is 0.110. The molecule has 1 amide bonds. The van der Waals surface area contributed by atoms with Crippen molar-refractivity contribution < 1.29 is 18.7 Å². The first-order chi connectivity index (χ1) is 14.0. The minimum Gasteiger partial charge on any atom is -0.459 e. The molecule has 8 heteroatoms. The van der Waals surface area contributed by atoms with E-state index in [9.17, 15) is 4.79 Å². The number of carbonyl (C=O) groups excluding carboxylic acids is 1. The molecule has 0 atom stereocenters. The summed E-state index contributed by atoms with van der Waals surface area (Å²) >= 11 is 11.5. The van der Waals surface area contributed by atoms with Crippen molar-refractivity contribution in [2.24, 2.45) is 0 Å². The molecular weight excluding hydrogens is 412 g/mol. The summed E-state index contributed by atoms with van der Waals surface area (Å²) in [6.07, 6.45) is 0. The van der Waals surface area contributed by atoms with Gasteiger partial charge in [0.25, 0.3) is 5.91 Å². The lowest BCUT2D eigenvalue weighted by Gasteiger charge is -2.10. The Bertz CT molecular complexity index is 1180. The molecule has 6 nitrogen and oxygen atoms in total. The summed E-state index contributed by atoms with van der Waals surface area (Å²) in [5.74, 6) is 0.661. The Labute approximate surface area is 176 Å². The van der Waals surface area contributed by atoms with E-state index in [2.05, 4.69) is 10.6 Å². The molecule has 0 radical (unpaired) electrons. The number of hydrogen-bond acceptors (Lipinski definition) is 5. The van der Waals surface area contributed by atoms with Crippen LogP contribution in [0.25, 0.3) is 22.3 Å². The van der Waals surface area contributed by atoms with Crippen LogP contribution in [0.4, 0.5) is 5.69 Å². The van der Waals surface area contributed by atoms with Crippen molar-refractivity contribution in [2.45, 2.75) is 6.61 Å². The van der Waals surface area contributed by atoms with Crippen LogP contribution in [0.2, 0.25) is 5.02 Å². The number of aliphatic hydroxyl groups excluding tert-OH is 1. The zero-order valence-electron chi connectivity index (χ0n) is 14.9. The maximum absolute atomic E-state index is 12.4. The third-order valence-electron chi connectivity index (χ3n) is 4.18. The number of amides is 1.